The van der Waals surface area contributed by atoms with Gasteiger partial charge in [0.05, 0.1) is 0 Å². The summed E-state index contributed by atoms with van der Waals surface area (Å²) < 4.78 is 5.82. The number of esters is 1. The first-order chi connectivity index (χ1) is 10.4. The fourth-order valence-electron chi connectivity index (χ4n) is 1.61. The number of halogens is 1. The normalized spacial score (nSPS) is 11.5. The number of Topliss-reactive ketones (excluding diaryl/α,β-unsaturated/α-hetero) is 1. The fourth-order valence-corrected chi connectivity index (χ4v) is 2.35. The van der Waals surface area contributed by atoms with Gasteiger partial charge < -0.3 is 15.8 Å². The molecule has 0 aliphatic rings. The molecule has 0 fully saturated rings. The van der Waals surface area contributed by atoms with Crippen molar-refractivity contribution in [1.82, 2.24) is 5.32 Å². The number of amides is 2. The van der Waals surface area contributed by atoms with Gasteiger partial charge in [-0.15, -0.1) is 0 Å². The second-order valence-electron chi connectivity index (χ2n) is 4.38. The van der Waals surface area contributed by atoms with Gasteiger partial charge in [-0.25, -0.2) is 9.59 Å². The maximum absolute atomic E-state index is 11.9. The lowest BCUT2D eigenvalue weighted by molar-refractivity contribution is -0.144. The van der Waals surface area contributed by atoms with Crippen LogP contribution >= 0.6 is 27.7 Å². The summed E-state index contributed by atoms with van der Waals surface area (Å²) in [6.07, 6.45) is 2.26. The first kappa shape index (κ1) is 18.5. The first-order valence-electron chi connectivity index (χ1n) is 6.44. The molecule has 2 amide bonds. The average Bonchev–Trinajstić information content (AvgIpc) is 2.49. The number of benzene rings is 1. The van der Waals surface area contributed by atoms with E-state index in [2.05, 4.69) is 21.2 Å². The van der Waals surface area contributed by atoms with Crippen LogP contribution < -0.4 is 11.1 Å². The molecule has 6 nitrogen and oxygen atoms in total. The van der Waals surface area contributed by atoms with Crippen LogP contribution in [0.3, 0.4) is 0 Å². The smallest absolute Gasteiger partial charge is 0.329 e. The Kier molecular flexibility index (Phi) is 7.97. The molecule has 1 rings (SSSR count). The van der Waals surface area contributed by atoms with Crippen molar-refractivity contribution in [2.24, 2.45) is 5.73 Å². The second kappa shape index (κ2) is 9.47. The Bertz CT molecular complexity index is 536. The Labute approximate surface area is 141 Å². The van der Waals surface area contributed by atoms with Crippen LogP contribution in [0.1, 0.15) is 16.8 Å². The monoisotopic (exact) mass is 388 g/mol. The zero-order valence-corrected chi connectivity index (χ0v) is 14.4. The third-order valence-electron chi connectivity index (χ3n) is 2.72. The Hall–Kier alpha value is -1.54. The van der Waals surface area contributed by atoms with Crippen LogP contribution in [-0.2, 0) is 9.53 Å². The summed E-state index contributed by atoms with van der Waals surface area (Å²) in [5, 5.41) is 2.32. The summed E-state index contributed by atoms with van der Waals surface area (Å²) in [6.45, 7) is -0.378. The van der Waals surface area contributed by atoms with E-state index in [1.165, 1.54) is 11.8 Å². The Morgan fingerprint density at radius 1 is 1.32 bits per heavy atom. The Morgan fingerprint density at radius 2 is 1.95 bits per heavy atom. The van der Waals surface area contributed by atoms with Crippen molar-refractivity contribution in [3.8, 4) is 0 Å². The van der Waals surface area contributed by atoms with E-state index in [1.54, 1.807) is 24.3 Å². The van der Waals surface area contributed by atoms with Crippen molar-refractivity contribution < 1.29 is 19.1 Å². The van der Waals surface area contributed by atoms with Crippen LogP contribution in [0, 0.1) is 0 Å². The van der Waals surface area contributed by atoms with E-state index in [-0.39, 0.29) is 12.4 Å². The highest BCUT2D eigenvalue weighted by Crippen LogP contribution is 2.11. The summed E-state index contributed by atoms with van der Waals surface area (Å²) in [4.78, 5) is 34.7. The van der Waals surface area contributed by atoms with Crippen molar-refractivity contribution in [2.45, 2.75) is 12.5 Å². The molecule has 0 saturated heterocycles. The van der Waals surface area contributed by atoms with Gasteiger partial charge in [0.2, 0.25) is 0 Å². The number of ether oxygens (including phenoxy) is 1. The number of carbonyl (C=O) groups is 3. The van der Waals surface area contributed by atoms with Crippen LogP contribution in [0.5, 0.6) is 0 Å². The molecule has 22 heavy (non-hydrogen) atoms. The number of urea groups is 1. The van der Waals surface area contributed by atoms with E-state index < -0.39 is 18.0 Å². The van der Waals surface area contributed by atoms with E-state index >= 15 is 0 Å². The van der Waals surface area contributed by atoms with Gasteiger partial charge in [-0.1, -0.05) is 28.1 Å². The predicted octanol–water partition coefficient (Wildman–Crippen LogP) is 1.97. The molecule has 0 radical (unpaired) electrons. The fraction of sp³-hybridized carbons (Fsp3) is 0.357. The number of primary amides is 1. The van der Waals surface area contributed by atoms with Gasteiger partial charge in [-0.05, 0) is 30.6 Å². The molecule has 1 atom stereocenters. The highest BCUT2D eigenvalue weighted by Gasteiger charge is 2.22. The molecular formula is C14H17BrN2O4S. The van der Waals surface area contributed by atoms with E-state index in [4.69, 9.17) is 10.5 Å². The maximum atomic E-state index is 11.9. The minimum absolute atomic E-state index is 0.316. The molecule has 1 aromatic carbocycles. The number of nitrogens with two attached hydrogens (primary N) is 1. The highest BCUT2D eigenvalue weighted by molar-refractivity contribution is 9.10. The zero-order valence-electron chi connectivity index (χ0n) is 12.0. The molecule has 0 heterocycles. The lowest BCUT2D eigenvalue weighted by Crippen LogP contribution is -2.45. The summed E-state index contributed by atoms with van der Waals surface area (Å²) in [6, 6.07) is 5.07. The molecule has 3 N–H and O–H groups in total. The summed E-state index contributed by atoms with van der Waals surface area (Å²) in [5.41, 5.74) is 5.47. The lowest BCUT2D eigenvalue weighted by Gasteiger charge is -2.15. The van der Waals surface area contributed by atoms with Crippen molar-refractivity contribution in [3.05, 3.63) is 34.3 Å². The standard InChI is InChI=1S/C14H17BrN2O4S/c1-22-7-6-11(17-14(16)20)13(19)21-8-12(18)9-2-4-10(15)5-3-9/h2-5,11H,6-8H2,1H3,(H3,16,17,20)/t11-/m1/s1. The van der Waals surface area contributed by atoms with Gasteiger partial charge >= 0.3 is 12.0 Å². The Balaban J connectivity index is 2.55. The number of hydrogen-bond donors (Lipinski definition) is 2. The van der Waals surface area contributed by atoms with Gasteiger partial charge in [0, 0.05) is 10.0 Å². The van der Waals surface area contributed by atoms with Crippen LogP contribution in [0.2, 0.25) is 0 Å². The van der Waals surface area contributed by atoms with Gasteiger partial charge in [0.1, 0.15) is 6.04 Å². The molecule has 1 aromatic rings. The topological polar surface area (TPSA) is 98.5 Å². The van der Waals surface area contributed by atoms with Crippen molar-refractivity contribution >= 4 is 45.5 Å². The zero-order chi connectivity index (χ0) is 16.5. The molecule has 0 saturated carbocycles. The highest BCUT2D eigenvalue weighted by atomic mass is 79.9. The van der Waals surface area contributed by atoms with E-state index in [0.29, 0.717) is 17.7 Å². The number of thioether (sulfide) groups is 1. The number of carbonyl (C=O) groups excluding carboxylic acids is 3. The van der Waals surface area contributed by atoms with Crippen molar-refractivity contribution in [2.75, 3.05) is 18.6 Å². The number of rotatable bonds is 8. The van der Waals surface area contributed by atoms with E-state index in [9.17, 15) is 14.4 Å². The van der Waals surface area contributed by atoms with Gasteiger partial charge in [0.15, 0.2) is 12.4 Å². The van der Waals surface area contributed by atoms with E-state index in [0.717, 1.165) is 4.47 Å². The SMILES string of the molecule is CSCC[C@@H](NC(N)=O)C(=O)OCC(=O)c1ccc(Br)cc1. The molecule has 8 heteroatoms. The molecule has 0 aliphatic carbocycles. The van der Waals surface area contributed by atoms with Crippen LogP contribution in [0.4, 0.5) is 4.79 Å². The minimum Gasteiger partial charge on any atom is -0.456 e. The van der Waals surface area contributed by atoms with Crippen LogP contribution in [-0.4, -0.2) is 42.4 Å². The van der Waals surface area contributed by atoms with Gasteiger partial charge in [-0.2, -0.15) is 11.8 Å². The largest absolute Gasteiger partial charge is 0.456 e. The average molecular weight is 389 g/mol. The molecule has 0 spiro atoms. The molecule has 0 unspecified atom stereocenters. The molecule has 0 aliphatic heterocycles. The predicted molar refractivity (Wildman–Crippen MR) is 88.9 cm³/mol. The second-order valence-corrected chi connectivity index (χ2v) is 6.28. The van der Waals surface area contributed by atoms with E-state index in [1.807, 2.05) is 6.26 Å². The Morgan fingerprint density at radius 3 is 2.50 bits per heavy atom. The van der Waals surface area contributed by atoms with Crippen LogP contribution in [0.15, 0.2) is 28.7 Å². The third kappa shape index (κ3) is 6.48. The maximum Gasteiger partial charge on any atom is 0.329 e. The molecular weight excluding hydrogens is 372 g/mol. The molecule has 0 bridgehead atoms. The van der Waals surface area contributed by atoms with Gasteiger partial charge in [-0.3, -0.25) is 4.79 Å². The number of hydrogen-bond acceptors (Lipinski definition) is 5. The molecule has 0 aromatic heterocycles. The minimum atomic E-state index is -0.845. The number of nitrogens with one attached hydrogen (secondary N) is 1. The third-order valence-corrected chi connectivity index (χ3v) is 3.90. The summed E-state index contributed by atoms with van der Waals surface area (Å²) in [7, 11) is 0. The van der Waals surface area contributed by atoms with Crippen molar-refractivity contribution in [1.29, 1.82) is 0 Å². The summed E-state index contributed by atoms with van der Waals surface area (Å²) in [5.74, 6) is -0.331. The molecule has 120 valence electrons. The first-order valence-corrected chi connectivity index (χ1v) is 8.63. The van der Waals surface area contributed by atoms with Crippen molar-refractivity contribution in [3.63, 3.8) is 0 Å². The van der Waals surface area contributed by atoms with Gasteiger partial charge in [0.25, 0.3) is 0 Å². The lowest BCUT2D eigenvalue weighted by atomic mass is 10.1. The van der Waals surface area contributed by atoms with Crippen LogP contribution in [0.25, 0.3) is 0 Å². The quantitative estimate of drug-likeness (QED) is 0.523. The summed E-state index contributed by atoms with van der Waals surface area (Å²) >= 11 is 4.80. The number of ketones is 1.